The van der Waals surface area contributed by atoms with Crippen LogP contribution in [-0.2, 0) is 11.3 Å². The van der Waals surface area contributed by atoms with Gasteiger partial charge in [-0.2, -0.15) is 5.10 Å². The Balaban J connectivity index is 1.70. The van der Waals surface area contributed by atoms with Crippen molar-refractivity contribution in [1.29, 1.82) is 0 Å². The van der Waals surface area contributed by atoms with Crippen molar-refractivity contribution in [3.63, 3.8) is 0 Å². The van der Waals surface area contributed by atoms with Gasteiger partial charge in [0.1, 0.15) is 0 Å². The second-order valence-corrected chi connectivity index (χ2v) is 6.21. The van der Waals surface area contributed by atoms with Crippen molar-refractivity contribution in [2.45, 2.75) is 13.5 Å². The summed E-state index contributed by atoms with van der Waals surface area (Å²) in [6.07, 6.45) is 1.97. The predicted molar refractivity (Wildman–Crippen MR) is 103 cm³/mol. The molecular formula is C21H20N4O2. The second-order valence-electron chi connectivity index (χ2n) is 6.21. The van der Waals surface area contributed by atoms with Gasteiger partial charge in [-0.1, -0.05) is 36.4 Å². The summed E-state index contributed by atoms with van der Waals surface area (Å²) in [4.78, 5) is 0. The van der Waals surface area contributed by atoms with Gasteiger partial charge in [-0.25, -0.2) is 0 Å². The summed E-state index contributed by atoms with van der Waals surface area (Å²) in [5.74, 6) is 1.08. The van der Waals surface area contributed by atoms with Gasteiger partial charge in [0.05, 0.1) is 18.8 Å². The summed E-state index contributed by atoms with van der Waals surface area (Å²) < 4.78 is 12.6. The maximum atomic E-state index is 5.64. The summed E-state index contributed by atoms with van der Waals surface area (Å²) in [6.45, 7) is 3.16. The standard InChI is InChI=1S/C21H20N4O2/c1-15-22-23-21(27-15)19-9-4-3-8-18(19)16-6-5-7-17(14-16)20-10-11-25(24-20)12-13-26-2/h3-11,14H,12-13H2,1-2H3. The maximum absolute atomic E-state index is 5.64. The first kappa shape index (κ1) is 17.2. The first-order valence-corrected chi connectivity index (χ1v) is 8.77. The quantitative estimate of drug-likeness (QED) is 0.515. The molecule has 0 spiro atoms. The lowest BCUT2D eigenvalue weighted by atomic mass is 9.97. The summed E-state index contributed by atoms with van der Waals surface area (Å²) in [5, 5.41) is 12.8. The van der Waals surface area contributed by atoms with E-state index >= 15 is 0 Å². The Bertz CT molecular complexity index is 1050. The molecule has 2 heterocycles. The number of aryl methyl sites for hydroxylation is 1. The van der Waals surface area contributed by atoms with Gasteiger partial charge in [0.2, 0.25) is 11.8 Å². The van der Waals surface area contributed by atoms with E-state index in [1.807, 2.05) is 41.2 Å². The average molecular weight is 360 g/mol. The minimum absolute atomic E-state index is 0.525. The third-order valence-corrected chi connectivity index (χ3v) is 4.32. The zero-order valence-corrected chi connectivity index (χ0v) is 15.3. The molecule has 0 fully saturated rings. The van der Waals surface area contributed by atoms with Crippen molar-refractivity contribution in [2.75, 3.05) is 13.7 Å². The van der Waals surface area contributed by atoms with E-state index in [4.69, 9.17) is 9.15 Å². The minimum atomic E-state index is 0.525. The molecule has 0 radical (unpaired) electrons. The van der Waals surface area contributed by atoms with Crippen molar-refractivity contribution < 1.29 is 9.15 Å². The number of ether oxygens (including phenoxy) is 1. The third kappa shape index (κ3) is 3.66. The van der Waals surface area contributed by atoms with Crippen LogP contribution in [0, 0.1) is 6.92 Å². The predicted octanol–water partition coefficient (Wildman–Crippen LogP) is 4.22. The number of benzene rings is 2. The zero-order chi connectivity index (χ0) is 18.6. The van der Waals surface area contributed by atoms with Crippen molar-refractivity contribution >= 4 is 0 Å². The molecule has 0 saturated heterocycles. The van der Waals surface area contributed by atoms with Crippen LogP contribution < -0.4 is 0 Å². The Hall–Kier alpha value is -3.25. The lowest BCUT2D eigenvalue weighted by molar-refractivity contribution is 0.183. The van der Waals surface area contributed by atoms with Gasteiger partial charge >= 0.3 is 0 Å². The largest absolute Gasteiger partial charge is 0.421 e. The van der Waals surface area contributed by atoms with E-state index in [1.165, 1.54) is 0 Å². The SMILES string of the molecule is COCCn1ccc(-c2cccc(-c3ccccc3-c3nnc(C)o3)c2)n1. The number of rotatable bonds is 6. The number of methoxy groups -OCH3 is 1. The number of hydrogen-bond donors (Lipinski definition) is 0. The topological polar surface area (TPSA) is 66.0 Å². The van der Waals surface area contributed by atoms with E-state index in [9.17, 15) is 0 Å². The summed E-state index contributed by atoms with van der Waals surface area (Å²) in [5.41, 5.74) is 5.02. The molecule has 0 aliphatic rings. The molecular weight excluding hydrogens is 340 g/mol. The van der Waals surface area contributed by atoms with Crippen LogP contribution in [0.4, 0.5) is 0 Å². The maximum Gasteiger partial charge on any atom is 0.248 e. The van der Waals surface area contributed by atoms with E-state index in [-0.39, 0.29) is 0 Å². The normalized spacial score (nSPS) is 11.0. The summed E-state index contributed by atoms with van der Waals surface area (Å²) in [6, 6.07) is 18.4. The van der Waals surface area contributed by atoms with Crippen LogP contribution >= 0.6 is 0 Å². The Morgan fingerprint density at radius 2 is 1.78 bits per heavy atom. The fourth-order valence-corrected chi connectivity index (χ4v) is 3.00. The lowest BCUT2D eigenvalue weighted by Gasteiger charge is -2.08. The molecule has 0 aliphatic heterocycles. The Morgan fingerprint density at radius 1 is 0.963 bits per heavy atom. The molecule has 0 bridgehead atoms. The molecule has 0 unspecified atom stereocenters. The van der Waals surface area contributed by atoms with Gasteiger partial charge in [0.15, 0.2) is 0 Å². The number of nitrogens with zero attached hydrogens (tertiary/aromatic N) is 4. The monoisotopic (exact) mass is 360 g/mol. The lowest BCUT2D eigenvalue weighted by Crippen LogP contribution is -2.04. The van der Waals surface area contributed by atoms with Crippen LogP contribution in [0.2, 0.25) is 0 Å². The number of hydrogen-bond acceptors (Lipinski definition) is 5. The molecule has 2 aromatic heterocycles. The van der Waals surface area contributed by atoms with Gasteiger partial charge in [-0.05, 0) is 29.3 Å². The highest BCUT2D eigenvalue weighted by molar-refractivity contribution is 5.82. The molecule has 4 rings (SSSR count). The molecule has 6 heteroatoms. The van der Waals surface area contributed by atoms with Crippen molar-refractivity contribution in [1.82, 2.24) is 20.0 Å². The van der Waals surface area contributed by atoms with Crippen LogP contribution in [0.15, 0.2) is 65.2 Å². The molecule has 2 aromatic carbocycles. The molecule has 6 nitrogen and oxygen atoms in total. The molecule has 4 aromatic rings. The summed E-state index contributed by atoms with van der Waals surface area (Å²) in [7, 11) is 1.69. The van der Waals surface area contributed by atoms with Gasteiger partial charge in [-0.3, -0.25) is 4.68 Å². The third-order valence-electron chi connectivity index (χ3n) is 4.32. The van der Waals surface area contributed by atoms with Crippen molar-refractivity contribution in [3.8, 4) is 33.8 Å². The molecule has 0 N–H and O–H groups in total. The molecule has 27 heavy (non-hydrogen) atoms. The average Bonchev–Trinajstić information content (AvgIpc) is 3.36. The zero-order valence-electron chi connectivity index (χ0n) is 15.3. The number of aromatic nitrogens is 4. The van der Waals surface area contributed by atoms with E-state index in [2.05, 4.69) is 39.6 Å². The van der Waals surface area contributed by atoms with E-state index in [1.54, 1.807) is 14.0 Å². The molecule has 0 amide bonds. The van der Waals surface area contributed by atoms with Crippen molar-refractivity contribution in [2.24, 2.45) is 0 Å². The Labute approximate surface area is 157 Å². The second kappa shape index (κ2) is 7.55. The molecule has 0 aliphatic carbocycles. The first-order valence-electron chi connectivity index (χ1n) is 8.77. The highest BCUT2D eigenvalue weighted by atomic mass is 16.5. The van der Waals surface area contributed by atoms with Crippen molar-refractivity contribution in [3.05, 3.63) is 66.7 Å². The van der Waals surface area contributed by atoms with Gasteiger partial charge in [0.25, 0.3) is 0 Å². The Morgan fingerprint density at radius 3 is 2.56 bits per heavy atom. The molecule has 0 atom stereocenters. The van der Waals surface area contributed by atoms with Crippen LogP contribution in [0.3, 0.4) is 0 Å². The summed E-state index contributed by atoms with van der Waals surface area (Å²) >= 11 is 0. The van der Waals surface area contributed by atoms with Gasteiger partial charge < -0.3 is 9.15 Å². The molecule has 136 valence electrons. The van der Waals surface area contributed by atoms with Crippen LogP contribution in [0.1, 0.15) is 5.89 Å². The van der Waals surface area contributed by atoms with Crippen LogP contribution in [0.25, 0.3) is 33.8 Å². The Kier molecular flexibility index (Phi) is 4.80. The fourth-order valence-electron chi connectivity index (χ4n) is 3.00. The highest BCUT2D eigenvalue weighted by Crippen LogP contribution is 2.33. The fraction of sp³-hybridized carbons (Fsp3) is 0.190. The van der Waals surface area contributed by atoms with Gasteiger partial charge in [-0.15, -0.1) is 10.2 Å². The van der Waals surface area contributed by atoms with Crippen LogP contribution in [0.5, 0.6) is 0 Å². The van der Waals surface area contributed by atoms with E-state index in [0.29, 0.717) is 18.4 Å². The van der Waals surface area contributed by atoms with Crippen LogP contribution in [-0.4, -0.2) is 33.7 Å². The van der Waals surface area contributed by atoms with E-state index in [0.717, 1.165) is 34.5 Å². The molecule has 0 saturated carbocycles. The highest BCUT2D eigenvalue weighted by Gasteiger charge is 2.13. The minimum Gasteiger partial charge on any atom is -0.421 e. The first-order chi connectivity index (χ1) is 13.2. The van der Waals surface area contributed by atoms with Gasteiger partial charge in [0, 0.05) is 31.4 Å². The van der Waals surface area contributed by atoms with E-state index < -0.39 is 0 Å². The smallest absolute Gasteiger partial charge is 0.248 e.